The van der Waals surface area contributed by atoms with Gasteiger partial charge in [0.15, 0.2) is 0 Å². The van der Waals surface area contributed by atoms with Crippen LogP contribution in [0.25, 0.3) is 0 Å². The summed E-state index contributed by atoms with van der Waals surface area (Å²) in [5.41, 5.74) is 2.24. The summed E-state index contributed by atoms with van der Waals surface area (Å²) in [6.45, 7) is 7.53. The minimum Gasteiger partial charge on any atom is -0.373 e. The standard InChI is InChI=1S/C14H19N3O/c1-9(2)16-14(18)11(4)17-13-10(3)6-5-7-12(13)8-15/h5-7,9,11,17H,1-4H3,(H,16,18). The fourth-order valence-electron chi connectivity index (χ4n) is 1.64. The molecule has 4 nitrogen and oxygen atoms in total. The number of carbonyl (C=O) groups excluding carboxylic acids is 1. The summed E-state index contributed by atoms with van der Waals surface area (Å²) >= 11 is 0. The second-order valence-corrected chi connectivity index (χ2v) is 4.64. The number of anilines is 1. The average molecular weight is 245 g/mol. The molecule has 96 valence electrons. The molecule has 18 heavy (non-hydrogen) atoms. The van der Waals surface area contributed by atoms with Crippen LogP contribution in [0, 0.1) is 18.3 Å². The third-order valence-electron chi connectivity index (χ3n) is 2.58. The first-order valence-electron chi connectivity index (χ1n) is 6.02. The van der Waals surface area contributed by atoms with E-state index in [0.29, 0.717) is 5.56 Å². The highest BCUT2D eigenvalue weighted by Gasteiger charge is 2.15. The SMILES string of the molecule is Cc1cccc(C#N)c1NC(C)C(=O)NC(C)C. The fourth-order valence-corrected chi connectivity index (χ4v) is 1.64. The van der Waals surface area contributed by atoms with Gasteiger partial charge in [0.1, 0.15) is 12.1 Å². The Balaban J connectivity index is 2.85. The van der Waals surface area contributed by atoms with Crippen molar-refractivity contribution in [3.8, 4) is 6.07 Å². The van der Waals surface area contributed by atoms with Gasteiger partial charge in [0, 0.05) is 6.04 Å². The van der Waals surface area contributed by atoms with Crippen LogP contribution in [0.4, 0.5) is 5.69 Å². The highest BCUT2D eigenvalue weighted by molar-refractivity contribution is 5.85. The maximum absolute atomic E-state index is 11.8. The minimum absolute atomic E-state index is 0.0721. The minimum atomic E-state index is -0.374. The van der Waals surface area contributed by atoms with E-state index in [2.05, 4.69) is 16.7 Å². The van der Waals surface area contributed by atoms with E-state index in [1.165, 1.54) is 0 Å². The Labute approximate surface area is 108 Å². The predicted octanol–water partition coefficient (Wildman–Crippen LogP) is 2.19. The Kier molecular flexibility index (Phi) is 4.73. The van der Waals surface area contributed by atoms with E-state index >= 15 is 0 Å². The molecular formula is C14H19N3O. The molecule has 1 unspecified atom stereocenters. The number of nitrogens with zero attached hydrogens (tertiary/aromatic N) is 1. The van der Waals surface area contributed by atoms with Gasteiger partial charge in [0.2, 0.25) is 5.91 Å². The summed E-state index contributed by atoms with van der Waals surface area (Å²) in [6, 6.07) is 7.34. The molecule has 0 heterocycles. The van der Waals surface area contributed by atoms with E-state index in [1.54, 1.807) is 13.0 Å². The van der Waals surface area contributed by atoms with Crippen molar-refractivity contribution in [2.45, 2.75) is 39.8 Å². The third kappa shape index (κ3) is 3.49. The average Bonchev–Trinajstić information content (AvgIpc) is 2.30. The van der Waals surface area contributed by atoms with Crippen molar-refractivity contribution in [2.24, 2.45) is 0 Å². The molecule has 0 saturated heterocycles. The van der Waals surface area contributed by atoms with Gasteiger partial charge in [-0.3, -0.25) is 4.79 Å². The lowest BCUT2D eigenvalue weighted by atomic mass is 10.1. The zero-order chi connectivity index (χ0) is 13.7. The molecule has 0 saturated carbocycles. The summed E-state index contributed by atoms with van der Waals surface area (Å²) in [6.07, 6.45) is 0. The second kappa shape index (κ2) is 6.06. The molecule has 0 spiro atoms. The van der Waals surface area contributed by atoms with E-state index < -0.39 is 0 Å². The van der Waals surface area contributed by atoms with Crippen molar-refractivity contribution in [2.75, 3.05) is 5.32 Å². The Hall–Kier alpha value is -2.02. The van der Waals surface area contributed by atoms with Crippen LogP contribution < -0.4 is 10.6 Å². The molecule has 0 radical (unpaired) electrons. The molecule has 1 amide bonds. The van der Waals surface area contributed by atoms with Crippen LogP contribution in [0.15, 0.2) is 18.2 Å². The molecule has 0 aromatic heterocycles. The number of amides is 1. The molecule has 4 heteroatoms. The molecule has 1 rings (SSSR count). The Morgan fingerprint density at radius 3 is 2.56 bits per heavy atom. The van der Waals surface area contributed by atoms with Gasteiger partial charge < -0.3 is 10.6 Å². The molecule has 1 aromatic rings. The maximum Gasteiger partial charge on any atom is 0.242 e. The number of aryl methyl sites for hydroxylation is 1. The van der Waals surface area contributed by atoms with Gasteiger partial charge in [-0.05, 0) is 39.3 Å². The van der Waals surface area contributed by atoms with Crippen molar-refractivity contribution in [3.63, 3.8) is 0 Å². The van der Waals surface area contributed by atoms with Crippen molar-refractivity contribution in [1.82, 2.24) is 5.32 Å². The van der Waals surface area contributed by atoms with Gasteiger partial charge in [0.05, 0.1) is 11.3 Å². The second-order valence-electron chi connectivity index (χ2n) is 4.64. The molecule has 1 atom stereocenters. The van der Waals surface area contributed by atoms with Crippen molar-refractivity contribution < 1.29 is 4.79 Å². The summed E-state index contributed by atoms with van der Waals surface area (Å²) in [4.78, 5) is 11.8. The van der Waals surface area contributed by atoms with Gasteiger partial charge in [-0.25, -0.2) is 0 Å². The first-order chi connectivity index (χ1) is 8.45. The number of nitrogens with one attached hydrogen (secondary N) is 2. The van der Waals surface area contributed by atoms with Gasteiger partial charge in [0.25, 0.3) is 0 Å². The predicted molar refractivity (Wildman–Crippen MR) is 72.3 cm³/mol. The van der Waals surface area contributed by atoms with Crippen LogP contribution in [0.3, 0.4) is 0 Å². The lowest BCUT2D eigenvalue weighted by Gasteiger charge is -2.19. The highest BCUT2D eigenvalue weighted by atomic mass is 16.2. The smallest absolute Gasteiger partial charge is 0.242 e. The first kappa shape index (κ1) is 14.0. The number of carbonyl (C=O) groups is 1. The van der Waals surface area contributed by atoms with Crippen molar-refractivity contribution in [1.29, 1.82) is 5.26 Å². The number of rotatable bonds is 4. The Morgan fingerprint density at radius 2 is 2.00 bits per heavy atom. The zero-order valence-corrected chi connectivity index (χ0v) is 11.2. The normalized spacial score (nSPS) is 11.8. The third-order valence-corrected chi connectivity index (χ3v) is 2.58. The lowest BCUT2D eigenvalue weighted by Crippen LogP contribution is -2.41. The van der Waals surface area contributed by atoms with Crippen LogP contribution >= 0.6 is 0 Å². The first-order valence-corrected chi connectivity index (χ1v) is 6.02. The number of para-hydroxylation sites is 1. The van der Waals surface area contributed by atoms with Gasteiger partial charge in [-0.15, -0.1) is 0 Å². The molecule has 0 bridgehead atoms. The van der Waals surface area contributed by atoms with E-state index in [-0.39, 0.29) is 18.0 Å². The molecule has 1 aromatic carbocycles. The van der Waals surface area contributed by atoms with E-state index in [4.69, 9.17) is 5.26 Å². The lowest BCUT2D eigenvalue weighted by molar-refractivity contribution is -0.122. The van der Waals surface area contributed by atoms with Crippen LogP contribution in [0.5, 0.6) is 0 Å². The van der Waals surface area contributed by atoms with Crippen LogP contribution in [0.1, 0.15) is 31.9 Å². The summed E-state index contributed by atoms with van der Waals surface area (Å²) in [7, 11) is 0. The monoisotopic (exact) mass is 245 g/mol. The number of benzene rings is 1. The zero-order valence-electron chi connectivity index (χ0n) is 11.2. The number of nitriles is 1. The maximum atomic E-state index is 11.8. The summed E-state index contributed by atoms with van der Waals surface area (Å²) in [5, 5.41) is 15.0. The highest BCUT2D eigenvalue weighted by Crippen LogP contribution is 2.20. The number of hydrogen-bond acceptors (Lipinski definition) is 3. The molecule has 0 fully saturated rings. The van der Waals surface area contributed by atoms with Crippen LogP contribution in [-0.2, 0) is 4.79 Å². The summed E-state index contributed by atoms with van der Waals surface area (Å²) in [5.74, 6) is -0.0721. The molecule has 0 aliphatic heterocycles. The quantitative estimate of drug-likeness (QED) is 0.854. The van der Waals surface area contributed by atoms with Crippen LogP contribution in [-0.4, -0.2) is 18.0 Å². The Bertz CT molecular complexity index is 474. The van der Waals surface area contributed by atoms with Crippen molar-refractivity contribution in [3.05, 3.63) is 29.3 Å². The van der Waals surface area contributed by atoms with Gasteiger partial charge in [-0.2, -0.15) is 5.26 Å². The topological polar surface area (TPSA) is 64.9 Å². The van der Waals surface area contributed by atoms with Gasteiger partial charge >= 0.3 is 0 Å². The molecule has 0 aliphatic carbocycles. The largest absolute Gasteiger partial charge is 0.373 e. The van der Waals surface area contributed by atoms with E-state index in [1.807, 2.05) is 32.9 Å². The molecule has 2 N–H and O–H groups in total. The Morgan fingerprint density at radius 1 is 1.33 bits per heavy atom. The van der Waals surface area contributed by atoms with Crippen molar-refractivity contribution >= 4 is 11.6 Å². The fraction of sp³-hybridized carbons (Fsp3) is 0.429. The van der Waals surface area contributed by atoms with E-state index in [9.17, 15) is 4.79 Å². The molecule has 0 aliphatic rings. The van der Waals surface area contributed by atoms with Crippen LogP contribution in [0.2, 0.25) is 0 Å². The molecular weight excluding hydrogens is 226 g/mol. The van der Waals surface area contributed by atoms with E-state index in [0.717, 1.165) is 11.3 Å². The van der Waals surface area contributed by atoms with Gasteiger partial charge in [-0.1, -0.05) is 12.1 Å². The number of hydrogen-bond donors (Lipinski definition) is 2. The summed E-state index contributed by atoms with van der Waals surface area (Å²) < 4.78 is 0.